The van der Waals surface area contributed by atoms with E-state index in [4.69, 9.17) is 0 Å². The van der Waals surface area contributed by atoms with Crippen molar-refractivity contribution in [2.24, 2.45) is 5.92 Å². The zero-order valence-electron chi connectivity index (χ0n) is 22.0. The van der Waals surface area contributed by atoms with E-state index in [0.717, 1.165) is 46.6 Å². The Hall–Kier alpha value is -4.53. The summed E-state index contributed by atoms with van der Waals surface area (Å²) >= 11 is 0. The third-order valence-electron chi connectivity index (χ3n) is 7.33. The highest BCUT2D eigenvalue weighted by Crippen LogP contribution is 2.23. The number of nitrogens with zero attached hydrogens (tertiary/aromatic N) is 1. The van der Waals surface area contributed by atoms with Crippen LogP contribution >= 0.6 is 0 Å². The first-order chi connectivity index (χ1) is 19.3. The molecule has 1 aliphatic rings. The van der Waals surface area contributed by atoms with Crippen LogP contribution in [0.15, 0.2) is 72.9 Å². The highest BCUT2D eigenvalue weighted by atomic mass is 19.1. The number of para-hydroxylation sites is 1. The van der Waals surface area contributed by atoms with E-state index in [0.29, 0.717) is 13.1 Å². The molecule has 1 aromatic heterocycles. The molecule has 2 unspecified atom stereocenters. The molecule has 5 rings (SSSR count). The summed E-state index contributed by atoms with van der Waals surface area (Å²) < 4.78 is 27.0. The average Bonchev–Trinajstić information content (AvgIpc) is 3.36. The normalized spacial score (nSPS) is 14.3. The molecule has 0 saturated heterocycles. The number of nitrogens with one attached hydrogen (secondary N) is 3. The number of amides is 3. The zero-order chi connectivity index (χ0) is 28.2. The lowest BCUT2D eigenvalue weighted by Crippen LogP contribution is -2.53. The molecule has 0 radical (unpaired) electrons. The molecular formula is C31H30F2N4O3. The van der Waals surface area contributed by atoms with Crippen molar-refractivity contribution < 1.29 is 23.2 Å². The molecule has 0 spiro atoms. The van der Waals surface area contributed by atoms with Gasteiger partial charge in [0.2, 0.25) is 17.7 Å². The number of rotatable bonds is 8. The Bertz CT molecular complexity index is 1550. The largest absolute Gasteiger partial charge is 0.361 e. The highest BCUT2D eigenvalue weighted by molar-refractivity contribution is 6.01. The van der Waals surface area contributed by atoms with Crippen molar-refractivity contribution in [1.82, 2.24) is 20.5 Å². The molecule has 0 bridgehead atoms. The van der Waals surface area contributed by atoms with Crippen LogP contribution in [0.5, 0.6) is 0 Å². The number of fused-ring (bicyclic) bond motifs is 2. The standard InChI is InChI=1S/C31H30F2N4O3/c1-19(29(38)35-16-20-12-24(32)15-25(33)13-20)30(39)36-28(14-23-17-34-27-9-5-4-8-26(23)27)31(40)37-11-10-21-6-2-3-7-22(21)18-37/h2-9,12-13,15,17,19,28,34H,10-11,14,16,18H2,1H3,(H,35,38)(H,36,39). The topological polar surface area (TPSA) is 94.3 Å². The van der Waals surface area contributed by atoms with Gasteiger partial charge >= 0.3 is 0 Å². The SMILES string of the molecule is CC(C(=O)NCc1cc(F)cc(F)c1)C(=O)NC(Cc1c[nH]c2ccccc12)C(=O)N1CCc2ccccc2C1. The molecule has 40 heavy (non-hydrogen) atoms. The molecule has 3 N–H and O–H groups in total. The summed E-state index contributed by atoms with van der Waals surface area (Å²) in [6, 6.07) is 17.8. The second-order valence-corrected chi connectivity index (χ2v) is 10.1. The van der Waals surface area contributed by atoms with Crippen molar-refractivity contribution >= 4 is 28.6 Å². The number of aromatic amines is 1. The number of H-pyrrole nitrogens is 1. The van der Waals surface area contributed by atoms with Crippen LogP contribution in [0.2, 0.25) is 0 Å². The van der Waals surface area contributed by atoms with Crippen LogP contribution in [-0.2, 0) is 40.3 Å². The van der Waals surface area contributed by atoms with Crippen molar-refractivity contribution in [2.45, 2.75) is 38.9 Å². The summed E-state index contributed by atoms with van der Waals surface area (Å²) in [5, 5.41) is 6.31. The molecule has 3 aromatic carbocycles. The van der Waals surface area contributed by atoms with Crippen LogP contribution in [-0.4, -0.2) is 40.2 Å². The number of carbonyl (C=O) groups excluding carboxylic acids is 3. The van der Waals surface area contributed by atoms with Gasteiger partial charge in [0.25, 0.3) is 0 Å². The lowest BCUT2D eigenvalue weighted by Gasteiger charge is -2.32. The van der Waals surface area contributed by atoms with Crippen molar-refractivity contribution in [3.05, 3.63) is 107 Å². The summed E-state index contributed by atoms with van der Waals surface area (Å²) in [6.45, 7) is 2.25. The maximum atomic E-state index is 13.8. The maximum Gasteiger partial charge on any atom is 0.245 e. The molecule has 9 heteroatoms. The van der Waals surface area contributed by atoms with Crippen molar-refractivity contribution in [3.63, 3.8) is 0 Å². The van der Waals surface area contributed by atoms with Crippen molar-refractivity contribution in [3.8, 4) is 0 Å². The summed E-state index contributed by atoms with van der Waals surface area (Å²) in [5.74, 6) is -4.11. The van der Waals surface area contributed by atoms with E-state index in [1.165, 1.54) is 12.5 Å². The quantitative estimate of drug-likeness (QED) is 0.293. The third-order valence-corrected chi connectivity index (χ3v) is 7.33. The first-order valence-corrected chi connectivity index (χ1v) is 13.2. The minimum absolute atomic E-state index is 0.143. The van der Waals surface area contributed by atoms with Crippen LogP contribution in [0.3, 0.4) is 0 Å². The van der Waals surface area contributed by atoms with Gasteiger partial charge in [-0.3, -0.25) is 14.4 Å². The van der Waals surface area contributed by atoms with E-state index in [1.807, 2.05) is 48.7 Å². The Balaban J connectivity index is 1.31. The minimum atomic E-state index is -1.14. The molecule has 4 aromatic rings. The van der Waals surface area contributed by atoms with E-state index < -0.39 is 35.4 Å². The third kappa shape index (κ3) is 6.03. The van der Waals surface area contributed by atoms with E-state index in [9.17, 15) is 23.2 Å². The van der Waals surface area contributed by atoms with Crippen LogP contribution in [0.1, 0.15) is 29.2 Å². The number of halogens is 2. The van der Waals surface area contributed by atoms with E-state index in [1.54, 1.807) is 4.90 Å². The van der Waals surface area contributed by atoms with Gasteiger partial charge in [-0.1, -0.05) is 42.5 Å². The molecule has 1 aliphatic heterocycles. The first kappa shape index (κ1) is 27.1. The molecular weight excluding hydrogens is 514 g/mol. The molecule has 0 aliphatic carbocycles. The fourth-order valence-electron chi connectivity index (χ4n) is 5.10. The Morgan fingerprint density at radius 2 is 1.65 bits per heavy atom. The van der Waals surface area contributed by atoms with E-state index >= 15 is 0 Å². The number of carbonyl (C=O) groups is 3. The van der Waals surface area contributed by atoms with E-state index in [-0.39, 0.29) is 24.4 Å². The molecule has 3 amide bonds. The van der Waals surface area contributed by atoms with Crippen LogP contribution in [0, 0.1) is 17.6 Å². The maximum absolute atomic E-state index is 13.8. The van der Waals surface area contributed by atoms with Crippen LogP contribution in [0.4, 0.5) is 8.78 Å². The number of benzene rings is 3. The summed E-state index contributed by atoms with van der Waals surface area (Å²) in [6.07, 6.45) is 2.79. The highest BCUT2D eigenvalue weighted by Gasteiger charge is 2.32. The Morgan fingerprint density at radius 1 is 0.950 bits per heavy atom. The number of hydrogen-bond acceptors (Lipinski definition) is 3. The zero-order valence-corrected chi connectivity index (χ0v) is 22.0. The molecule has 2 atom stereocenters. The summed E-state index contributed by atoms with van der Waals surface area (Å²) in [4.78, 5) is 44.7. The smallest absolute Gasteiger partial charge is 0.245 e. The van der Waals surface area contributed by atoms with Crippen LogP contribution in [0.25, 0.3) is 10.9 Å². The molecule has 0 saturated carbocycles. The van der Waals surface area contributed by atoms with Gasteiger partial charge in [-0.15, -0.1) is 0 Å². The Labute approximate surface area is 230 Å². The van der Waals surface area contributed by atoms with Gasteiger partial charge < -0.3 is 20.5 Å². The average molecular weight is 545 g/mol. The number of hydrogen-bond donors (Lipinski definition) is 3. The monoisotopic (exact) mass is 544 g/mol. The van der Waals surface area contributed by atoms with E-state index in [2.05, 4.69) is 21.7 Å². The van der Waals surface area contributed by atoms with Crippen LogP contribution < -0.4 is 10.6 Å². The summed E-state index contributed by atoms with van der Waals surface area (Å²) in [5.41, 5.74) is 4.30. The lowest BCUT2D eigenvalue weighted by molar-refractivity contribution is -0.140. The Morgan fingerprint density at radius 3 is 2.42 bits per heavy atom. The lowest BCUT2D eigenvalue weighted by atomic mass is 9.97. The second-order valence-electron chi connectivity index (χ2n) is 10.1. The van der Waals surface area contributed by atoms with Gasteiger partial charge in [-0.05, 0) is 53.8 Å². The van der Waals surface area contributed by atoms with Gasteiger partial charge in [0.1, 0.15) is 23.6 Å². The van der Waals surface area contributed by atoms with Gasteiger partial charge in [-0.25, -0.2) is 8.78 Å². The predicted molar refractivity (Wildman–Crippen MR) is 147 cm³/mol. The fraction of sp³-hybridized carbons (Fsp3) is 0.258. The van der Waals surface area contributed by atoms with Gasteiger partial charge in [0.15, 0.2) is 0 Å². The first-order valence-electron chi connectivity index (χ1n) is 13.2. The fourth-order valence-corrected chi connectivity index (χ4v) is 5.10. The minimum Gasteiger partial charge on any atom is -0.361 e. The Kier molecular flexibility index (Phi) is 7.91. The second kappa shape index (κ2) is 11.7. The van der Waals surface area contributed by atoms with Gasteiger partial charge in [0.05, 0.1) is 0 Å². The van der Waals surface area contributed by atoms with Gasteiger partial charge in [-0.2, -0.15) is 0 Å². The van der Waals surface area contributed by atoms with Crippen molar-refractivity contribution in [2.75, 3.05) is 6.54 Å². The molecule has 206 valence electrons. The number of aromatic nitrogens is 1. The predicted octanol–water partition coefficient (Wildman–Crippen LogP) is 4.01. The molecule has 0 fully saturated rings. The molecule has 7 nitrogen and oxygen atoms in total. The molecule has 2 heterocycles. The van der Waals surface area contributed by atoms with Gasteiger partial charge in [0, 0.05) is 49.2 Å². The summed E-state index contributed by atoms with van der Waals surface area (Å²) in [7, 11) is 0. The van der Waals surface area contributed by atoms with Crippen molar-refractivity contribution in [1.29, 1.82) is 0 Å².